The molecule has 2 atom stereocenters. The van der Waals surface area contributed by atoms with E-state index in [9.17, 15) is 0 Å². The molecular weight excluding hydrogens is 256 g/mol. The number of hydrogen-bond donors (Lipinski definition) is 1. The fraction of sp³-hybridized carbons (Fsp3) is 0.733. The highest BCUT2D eigenvalue weighted by Crippen LogP contribution is 2.27. The zero-order chi connectivity index (χ0) is 13.2. The number of rotatable bonds is 5. The molecule has 2 fully saturated rings. The Morgan fingerprint density at radius 1 is 1.42 bits per heavy atom. The fourth-order valence-corrected chi connectivity index (χ4v) is 3.77. The third-order valence-corrected chi connectivity index (χ3v) is 5.70. The SMILES string of the molecule is CC1SCCN(Cc2occc2CNC2CC2)C1C. The van der Waals surface area contributed by atoms with E-state index < -0.39 is 0 Å². The third-order valence-electron chi connectivity index (χ3n) is 4.36. The van der Waals surface area contributed by atoms with Crippen molar-refractivity contribution in [3.63, 3.8) is 0 Å². The van der Waals surface area contributed by atoms with Gasteiger partial charge in [-0.1, -0.05) is 6.92 Å². The summed E-state index contributed by atoms with van der Waals surface area (Å²) >= 11 is 2.08. The van der Waals surface area contributed by atoms with Gasteiger partial charge in [0.2, 0.25) is 0 Å². The molecule has 3 nitrogen and oxygen atoms in total. The van der Waals surface area contributed by atoms with E-state index in [0.29, 0.717) is 6.04 Å². The average Bonchev–Trinajstić information content (AvgIpc) is 3.13. The van der Waals surface area contributed by atoms with Gasteiger partial charge < -0.3 is 9.73 Å². The van der Waals surface area contributed by atoms with E-state index in [0.717, 1.165) is 30.1 Å². The highest BCUT2D eigenvalue weighted by atomic mass is 32.2. The number of thioether (sulfide) groups is 1. The molecule has 1 N–H and O–H groups in total. The van der Waals surface area contributed by atoms with E-state index in [1.165, 1.54) is 30.7 Å². The van der Waals surface area contributed by atoms with Crippen LogP contribution in [0.3, 0.4) is 0 Å². The van der Waals surface area contributed by atoms with Gasteiger partial charge in [-0.05, 0) is 25.8 Å². The van der Waals surface area contributed by atoms with Gasteiger partial charge in [-0.3, -0.25) is 4.90 Å². The van der Waals surface area contributed by atoms with Crippen molar-refractivity contribution in [2.75, 3.05) is 12.3 Å². The molecule has 1 aromatic heterocycles. The van der Waals surface area contributed by atoms with Crippen molar-refractivity contribution in [1.29, 1.82) is 0 Å². The highest BCUT2D eigenvalue weighted by Gasteiger charge is 2.27. The normalized spacial score (nSPS) is 28.7. The lowest BCUT2D eigenvalue weighted by Crippen LogP contribution is -2.44. The molecule has 0 aromatic carbocycles. The summed E-state index contributed by atoms with van der Waals surface area (Å²) in [5.41, 5.74) is 1.34. The zero-order valence-corrected chi connectivity index (χ0v) is 12.7. The van der Waals surface area contributed by atoms with Crippen LogP contribution in [0.4, 0.5) is 0 Å². The van der Waals surface area contributed by atoms with E-state index in [1.54, 1.807) is 0 Å². The van der Waals surface area contributed by atoms with Crippen LogP contribution in [0.2, 0.25) is 0 Å². The maximum atomic E-state index is 5.72. The molecule has 0 amide bonds. The lowest BCUT2D eigenvalue weighted by molar-refractivity contribution is 0.188. The van der Waals surface area contributed by atoms with Crippen molar-refractivity contribution in [1.82, 2.24) is 10.2 Å². The summed E-state index contributed by atoms with van der Waals surface area (Å²) in [6.45, 7) is 7.76. The minimum atomic E-state index is 0.632. The summed E-state index contributed by atoms with van der Waals surface area (Å²) in [6.07, 6.45) is 4.52. The van der Waals surface area contributed by atoms with E-state index >= 15 is 0 Å². The Hall–Kier alpha value is -0.450. The van der Waals surface area contributed by atoms with E-state index in [2.05, 4.69) is 41.9 Å². The molecule has 1 aliphatic carbocycles. The first-order valence-corrected chi connectivity index (χ1v) is 8.43. The van der Waals surface area contributed by atoms with E-state index in [-0.39, 0.29) is 0 Å². The third kappa shape index (κ3) is 3.36. The number of hydrogen-bond acceptors (Lipinski definition) is 4. The molecule has 0 bridgehead atoms. The van der Waals surface area contributed by atoms with Crippen molar-refractivity contribution in [2.24, 2.45) is 0 Å². The van der Waals surface area contributed by atoms with Crippen LogP contribution in [-0.4, -0.2) is 34.5 Å². The molecule has 1 saturated heterocycles. The Labute approximate surface area is 120 Å². The minimum absolute atomic E-state index is 0.632. The summed E-state index contributed by atoms with van der Waals surface area (Å²) in [6, 6.07) is 3.51. The molecule has 1 aromatic rings. The topological polar surface area (TPSA) is 28.4 Å². The number of nitrogens with zero attached hydrogens (tertiary/aromatic N) is 1. The zero-order valence-electron chi connectivity index (χ0n) is 11.9. The van der Waals surface area contributed by atoms with Crippen LogP contribution in [0.1, 0.15) is 38.0 Å². The predicted molar refractivity (Wildman–Crippen MR) is 80.4 cm³/mol. The molecule has 2 heterocycles. The highest BCUT2D eigenvalue weighted by molar-refractivity contribution is 8.00. The van der Waals surface area contributed by atoms with Gasteiger partial charge in [-0.15, -0.1) is 0 Å². The molecule has 1 aliphatic heterocycles. The Balaban J connectivity index is 1.60. The smallest absolute Gasteiger partial charge is 0.122 e. The van der Waals surface area contributed by atoms with E-state index in [4.69, 9.17) is 4.42 Å². The Morgan fingerprint density at radius 3 is 3.05 bits per heavy atom. The van der Waals surface area contributed by atoms with Crippen LogP contribution < -0.4 is 5.32 Å². The van der Waals surface area contributed by atoms with E-state index in [1.807, 2.05) is 6.26 Å². The molecule has 0 radical (unpaired) electrons. The van der Waals surface area contributed by atoms with Crippen LogP contribution in [0, 0.1) is 0 Å². The lowest BCUT2D eigenvalue weighted by Gasteiger charge is -2.37. The average molecular weight is 280 g/mol. The maximum Gasteiger partial charge on any atom is 0.122 e. The molecule has 4 heteroatoms. The number of nitrogens with one attached hydrogen (secondary N) is 1. The maximum absolute atomic E-state index is 5.72. The molecule has 106 valence electrons. The van der Waals surface area contributed by atoms with Crippen molar-refractivity contribution in [3.8, 4) is 0 Å². The molecule has 2 unspecified atom stereocenters. The van der Waals surface area contributed by atoms with Gasteiger partial charge in [0.15, 0.2) is 0 Å². The predicted octanol–water partition coefficient (Wildman–Crippen LogP) is 2.86. The number of furan rings is 1. The molecule has 19 heavy (non-hydrogen) atoms. The fourth-order valence-electron chi connectivity index (χ4n) is 2.61. The molecule has 3 rings (SSSR count). The summed E-state index contributed by atoms with van der Waals surface area (Å²) in [4.78, 5) is 2.56. The van der Waals surface area contributed by atoms with Crippen LogP contribution in [0.5, 0.6) is 0 Å². The van der Waals surface area contributed by atoms with Gasteiger partial charge in [-0.2, -0.15) is 11.8 Å². The van der Waals surface area contributed by atoms with Gasteiger partial charge in [-0.25, -0.2) is 0 Å². The van der Waals surface area contributed by atoms with Crippen molar-refractivity contribution in [3.05, 3.63) is 23.7 Å². The van der Waals surface area contributed by atoms with Gasteiger partial charge in [0.25, 0.3) is 0 Å². The Bertz CT molecular complexity index is 416. The van der Waals surface area contributed by atoms with Crippen molar-refractivity contribution < 1.29 is 4.42 Å². The molecular formula is C15H24N2OS. The second kappa shape index (κ2) is 5.90. The quantitative estimate of drug-likeness (QED) is 0.898. The molecule has 0 spiro atoms. The molecule has 2 aliphatic rings. The van der Waals surface area contributed by atoms with Crippen LogP contribution in [-0.2, 0) is 13.1 Å². The second-order valence-corrected chi connectivity index (χ2v) is 7.30. The first-order chi connectivity index (χ1) is 9.24. The first kappa shape index (κ1) is 13.5. The second-order valence-electron chi connectivity index (χ2n) is 5.81. The largest absolute Gasteiger partial charge is 0.468 e. The van der Waals surface area contributed by atoms with Gasteiger partial charge in [0, 0.05) is 41.7 Å². The van der Waals surface area contributed by atoms with Crippen molar-refractivity contribution in [2.45, 2.75) is 57.1 Å². The first-order valence-electron chi connectivity index (χ1n) is 7.38. The summed E-state index contributed by atoms with van der Waals surface area (Å²) in [5.74, 6) is 2.39. The Morgan fingerprint density at radius 2 is 2.26 bits per heavy atom. The van der Waals surface area contributed by atoms with Gasteiger partial charge in [0.1, 0.15) is 5.76 Å². The standard InChI is InChI=1S/C15H24N2OS/c1-11-12(2)19-8-6-17(11)10-15-13(5-7-18-15)9-16-14-3-4-14/h5,7,11-12,14,16H,3-4,6,8-10H2,1-2H3. The monoisotopic (exact) mass is 280 g/mol. The summed E-state index contributed by atoms with van der Waals surface area (Å²) in [7, 11) is 0. The van der Waals surface area contributed by atoms with Crippen molar-refractivity contribution >= 4 is 11.8 Å². The van der Waals surface area contributed by atoms with Gasteiger partial charge in [0.05, 0.1) is 12.8 Å². The Kier molecular flexibility index (Phi) is 4.20. The summed E-state index contributed by atoms with van der Waals surface area (Å²) in [5, 5.41) is 4.29. The lowest BCUT2D eigenvalue weighted by atomic mass is 10.1. The van der Waals surface area contributed by atoms with Gasteiger partial charge >= 0.3 is 0 Å². The van der Waals surface area contributed by atoms with Crippen LogP contribution >= 0.6 is 11.8 Å². The van der Waals surface area contributed by atoms with Crippen LogP contribution in [0.25, 0.3) is 0 Å². The minimum Gasteiger partial charge on any atom is -0.468 e. The summed E-state index contributed by atoms with van der Waals surface area (Å²) < 4.78 is 5.72. The van der Waals surface area contributed by atoms with Crippen LogP contribution in [0.15, 0.2) is 16.7 Å². The molecule has 1 saturated carbocycles.